The van der Waals surface area contributed by atoms with Crippen LogP contribution >= 0.6 is 11.6 Å². The molecule has 0 aliphatic carbocycles. The molecule has 0 radical (unpaired) electrons. The molecule has 0 saturated carbocycles. The average molecular weight is 285 g/mol. The van der Waals surface area contributed by atoms with Gasteiger partial charge < -0.3 is 13.7 Å². The van der Waals surface area contributed by atoms with Gasteiger partial charge in [0.05, 0.1) is 19.7 Å². The maximum absolute atomic E-state index is 5.74. The molecule has 0 amide bonds. The molecular formula is C12H17ClN4O2. The van der Waals surface area contributed by atoms with E-state index in [9.17, 15) is 0 Å². The van der Waals surface area contributed by atoms with Crippen LogP contribution in [0, 0.1) is 0 Å². The van der Waals surface area contributed by atoms with Gasteiger partial charge in [0.1, 0.15) is 17.9 Å². The summed E-state index contributed by atoms with van der Waals surface area (Å²) in [5, 5.41) is 8.45. The van der Waals surface area contributed by atoms with Gasteiger partial charge in [-0.05, 0) is 30.8 Å². The highest BCUT2D eigenvalue weighted by atomic mass is 35.5. The van der Waals surface area contributed by atoms with Crippen LogP contribution in [0.4, 0.5) is 0 Å². The highest BCUT2D eigenvalue weighted by Gasteiger charge is 2.10. The first kappa shape index (κ1) is 14.0. The topological polar surface area (TPSA) is 56.3 Å². The van der Waals surface area contributed by atoms with Crippen LogP contribution in [0.2, 0.25) is 5.22 Å². The number of halogens is 1. The predicted molar refractivity (Wildman–Crippen MR) is 70.8 cm³/mol. The lowest BCUT2D eigenvalue weighted by atomic mass is 10.4. The Bertz CT molecular complexity index is 511. The van der Waals surface area contributed by atoms with Gasteiger partial charge >= 0.3 is 0 Å². The maximum Gasteiger partial charge on any atom is 0.193 e. The van der Waals surface area contributed by atoms with E-state index in [1.165, 1.54) is 0 Å². The summed E-state index contributed by atoms with van der Waals surface area (Å²) < 4.78 is 12.4. The first-order valence-corrected chi connectivity index (χ1v) is 6.35. The molecule has 0 N–H and O–H groups in total. The third kappa shape index (κ3) is 4.05. The first-order chi connectivity index (χ1) is 9.19. The molecule has 0 aliphatic heterocycles. The van der Waals surface area contributed by atoms with Crippen LogP contribution in [0.5, 0.6) is 0 Å². The van der Waals surface area contributed by atoms with Crippen LogP contribution in [0.3, 0.4) is 0 Å². The van der Waals surface area contributed by atoms with Crippen molar-refractivity contribution < 1.29 is 9.15 Å². The van der Waals surface area contributed by atoms with Crippen molar-refractivity contribution in [1.29, 1.82) is 0 Å². The van der Waals surface area contributed by atoms with E-state index < -0.39 is 0 Å². The lowest BCUT2D eigenvalue weighted by Crippen LogP contribution is -2.20. The quantitative estimate of drug-likeness (QED) is 0.776. The molecule has 2 heterocycles. The molecule has 0 spiro atoms. The SMILES string of the molecule is COCCn1cnnc1CN(C)Cc1ccc(Cl)o1. The van der Waals surface area contributed by atoms with Crippen LogP contribution < -0.4 is 0 Å². The molecule has 19 heavy (non-hydrogen) atoms. The Kier molecular flexibility index (Phi) is 4.95. The van der Waals surface area contributed by atoms with Crippen molar-refractivity contribution >= 4 is 11.6 Å². The van der Waals surface area contributed by atoms with E-state index in [4.69, 9.17) is 20.8 Å². The lowest BCUT2D eigenvalue weighted by Gasteiger charge is -2.15. The van der Waals surface area contributed by atoms with Crippen molar-refractivity contribution in [3.8, 4) is 0 Å². The largest absolute Gasteiger partial charge is 0.448 e. The van der Waals surface area contributed by atoms with Crippen LogP contribution in [-0.4, -0.2) is 40.4 Å². The zero-order chi connectivity index (χ0) is 13.7. The molecule has 0 atom stereocenters. The molecule has 7 heteroatoms. The van der Waals surface area contributed by atoms with Crippen molar-refractivity contribution in [2.45, 2.75) is 19.6 Å². The molecule has 0 fully saturated rings. The molecule has 6 nitrogen and oxygen atoms in total. The minimum Gasteiger partial charge on any atom is -0.448 e. The minimum absolute atomic E-state index is 0.409. The van der Waals surface area contributed by atoms with E-state index >= 15 is 0 Å². The Morgan fingerprint density at radius 3 is 2.95 bits per heavy atom. The van der Waals surface area contributed by atoms with Crippen molar-refractivity contribution in [1.82, 2.24) is 19.7 Å². The molecule has 0 aliphatic rings. The average Bonchev–Trinajstić information content (AvgIpc) is 2.96. The maximum atomic E-state index is 5.74. The lowest BCUT2D eigenvalue weighted by molar-refractivity contribution is 0.184. The minimum atomic E-state index is 0.409. The normalized spacial score (nSPS) is 11.4. The number of methoxy groups -OCH3 is 1. The molecule has 0 unspecified atom stereocenters. The summed E-state index contributed by atoms with van der Waals surface area (Å²) in [6, 6.07) is 3.61. The molecule has 104 valence electrons. The number of hydrogen-bond donors (Lipinski definition) is 0. The Morgan fingerprint density at radius 2 is 2.26 bits per heavy atom. The summed E-state index contributed by atoms with van der Waals surface area (Å²) in [5.74, 6) is 1.73. The summed E-state index contributed by atoms with van der Waals surface area (Å²) in [5.41, 5.74) is 0. The molecule has 0 aromatic carbocycles. The van der Waals surface area contributed by atoms with Gasteiger partial charge in [0, 0.05) is 13.7 Å². The molecule has 2 rings (SSSR count). The molecule has 2 aromatic heterocycles. The Balaban J connectivity index is 1.91. The number of furan rings is 1. The van der Waals surface area contributed by atoms with Crippen molar-refractivity contribution in [3.63, 3.8) is 0 Å². The number of aromatic nitrogens is 3. The zero-order valence-corrected chi connectivity index (χ0v) is 11.8. The van der Waals surface area contributed by atoms with Gasteiger partial charge in [0.15, 0.2) is 5.22 Å². The Morgan fingerprint density at radius 1 is 1.42 bits per heavy atom. The summed E-state index contributed by atoms with van der Waals surface area (Å²) in [4.78, 5) is 2.09. The fraction of sp³-hybridized carbons (Fsp3) is 0.500. The zero-order valence-electron chi connectivity index (χ0n) is 11.0. The third-order valence-corrected chi connectivity index (χ3v) is 2.90. The van der Waals surface area contributed by atoms with E-state index in [2.05, 4.69) is 15.1 Å². The number of nitrogens with zero attached hydrogens (tertiary/aromatic N) is 4. The number of rotatable bonds is 7. The standard InChI is InChI=1S/C12H17ClN4O2/c1-16(7-10-3-4-11(13)19-10)8-12-15-14-9-17(12)5-6-18-2/h3-4,9H,5-8H2,1-2H3. The fourth-order valence-electron chi connectivity index (χ4n) is 1.78. The van der Waals surface area contributed by atoms with Crippen molar-refractivity contribution in [2.75, 3.05) is 20.8 Å². The molecule has 0 saturated heterocycles. The second-order valence-corrected chi connectivity index (χ2v) is 4.68. The molecule has 2 aromatic rings. The van der Waals surface area contributed by atoms with E-state index in [1.54, 1.807) is 19.5 Å². The highest BCUT2D eigenvalue weighted by Crippen LogP contribution is 2.15. The van der Waals surface area contributed by atoms with E-state index in [0.717, 1.165) is 18.1 Å². The van der Waals surface area contributed by atoms with E-state index in [-0.39, 0.29) is 0 Å². The van der Waals surface area contributed by atoms with Crippen LogP contribution in [0.25, 0.3) is 0 Å². The smallest absolute Gasteiger partial charge is 0.193 e. The Labute approximate surface area is 116 Å². The fourth-order valence-corrected chi connectivity index (χ4v) is 1.94. The van der Waals surface area contributed by atoms with Crippen LogP contribution in [-0.2, 0) is 24.4 Å². The first-order valence-electron chi connectivity index (χ1n) is 5.97. The van der Waals surface area contributed by atoms with E-state index in [1.807, 2.05) is 17.7 Å². The van der Waals surface area contributed by atoms with Crippen LogP contribution in [0.1, 0.15) is 11.6 Å². The molecular weight excluding hydrogens is 268 g/mol. The highest BCUT2D eigenvalue weighted by molar-refractivity contribution is 6.28. The van der Waals surface area contributed by atoms with Gasteiger partial charge in [-0.25, -0.2) is 0 Å². The van der Waals surface area contributed by atoms with Gasteiger partial charge in [-0.1, -0.05) is 0 Å². The molecule has 0 bridgehead atoms. The van der Waals surface area contributed by atoms with Crippen LogP contribution in [0.15, 0.2) is 22.9 Å². The second kappa shape index (κ2) is 6.70. The predicted octanol–water partition coefficient (Wildman–Crippen LogP) is 1.80. The van der Waals surface area contributed by atoms with Gasteiger partial charge in [-0.2, -0.15) is 0 Å². The van der Waals surface area contributed by atoms with Gasteiger partial charge in [0.25, 0.3) is 0 Å². The van der Waals surface area contributed by atoms with Crippen molar-refractivity contribution in [3.05, 3.63) is 35.3 Å². The monoisotopic (exact) mass is 284 g/mol. The summed E-state index contributed by atoms with van der Waals surface area (Å²) in [6.07, 6.45) is 1.71. The summed E-state index contributed by atoms with van der Waals surface area (Å²) in [6.45, 7) is 2.74. The van der Waals surface area contributed by atoms with Crippen molar-refractivity contribution in [2.24, 2.45) is 0 Å². The van der Waals surface area contributed by atoms with Gasteiger partial charge in [-0.3, -0.25) is 4.90 Å². The number of hydrogen-bond acceptors (Lipinski definition) is 5. The van der Waals surface area contributed by atoms with Gasteiger partial charge in [-0.15, -0.1) is 10.2 Å². The Hall–Kier alpha value is -1.37. The number of ether oxygens (including phenoxy) is 1. The summed E-state index contributed by atoms with van der Waals surface area (Å²) in [7, 11) is 3.67. The van der Waals surface area contributed by atoms with E-state index in [0.29, 0.717) is 24.9 Å². The second-order valence-electron chi connectivity index (χ2n) is 4.31. The third-order valence-electron chi connectivity index (χ3n) is 2.70. The van der Waals surface area contributed by atoms with Gasteiger partial charge in [0.2, 0.25) is 0 Å². The summed E-state index contributed by atoms with van der Waals surface area (Å²) >= 11 is 5.74.